The van der Waals surface area contributed by atoms with Gasteiger partial charge in [0, 0.05) is 19.1 Å². The van der Waals surface area contributed by atoms with Crippen molar-refractivity contribution >= 4 is 22.9 Å². The summed E-state index contributed by atoms with van der Waals surface area (Å²) in [6, 6.07) is 8.68. The third kappa shape index (κ3) is 2.37. The fraction of sp³-hybridized carbons (Fsp3) is 0.500. The Bertz CT molecular complexity index is 790. The Balaban J connectivity index is 1.62. The van der Waals surface area contributed by atoms with Gasteiger partial charge >= 0.3 is 6.03 Å². The number of carbonyl (C=O) groups is 1. The standard InChI is InChI=1S/C18H23N5O/c1-11(2)23-16-8-9-22(10-15(16)21-18(23)24)17-12(3)19-13-6-4-5-7-14(13)20-17/h4-7,11,15-16H,8-10H2,1-3H3,(H,21,24)/t15-,16+/m1/s1. The van der Waals surface area contributed by atoms with Crippen molar-refractivity contribution in [2.45, 2.75) is 45.3 Å². The monoisotopic (exact) mass is 325 g/mol. The first-order valence-electron chi connectivity index (χ1n) is 8.62. The molecule has 1 aromatic carbocycles. The van der Waals surface area contributed by atoms with E-state index in [0.29, 0.717) is 0 Å². The van der Waals surface area contributed by atoms with E-state index >= 15 is 0 Å². The molecule has 6 nitrogen and oxygen atoms in total. The minimum atomic E-state index is 0.0585. The lowest BCUT2D eigenvalue weighted by Crippen LogP contribution is -2.52. The van der Waals surface area contributed by atoms with Gasteiger partial charge < -0.3 is 15.1 Å². The van der Waals surface area contributed by atoms with Crippen molar-refractivity contribution in [2.75, 3.05) is 18.0 Å². The second-order valence-electron chi connectivity index (χ2n) is 6.98. The van der Waals surface area contributed by atoms with Crippen LogP contribution in [-0.4, -0.2) is 52.1 Å². The number of amides is 2. The highest BCUT2D eigenvalue weighted by Gasteiger charge is 2.43. The van der Waals surface area contributed by atoms with Gasteiger partial charge in [0.05, 0.1) is 28.8 Å². The summed E-state index contributed by atoms with van der Waals surface area (Å²) in [5.74, 6) is 0.935. The largest absolute Gasteiger partial charge is 0.353 e. The predicted octanol–water partition coefficient (Wildman–Crippen LogP) is 2.32. The van der Waals surface area contributed by atoms with E-state index in [-0.39, 0.29) is 24.2 Å². The molecule has 0 spiro atoms. The molecule has 6 heteroatoms. The molecule has 2 atom stereocenters. The molecule has 0 aliphatic carbocycles. The maximum Gasteiger partial charge on any atom is 0.318 e. The van der Waals surface area contributed by atoms with Crippen LogP contribution in [0.25, 0.3) is 11.0 Å². The van der Waals surface area contributed by atoms with Crippen LogP contribution in [0, 0.1) is 6.92 Å². The first kappa shape index (κ1) is 15.2. The van der Waals surface area contributed by atoms with Gasteiger partial charge in [0.2, 0.25) is 0 Å². The van der Waals surface area contributed by atoms with Crippen LogP contribution in [-0.2, 0) is 0 Å². The van der Waals surface area contributed by atoms with Crippen molar-refractivity contribution in [3.63, 3.8) is 0 Å². The molecule has 2 aliphatic heterocycles. The van der Waals surface area contributed by atoms with E-state index in [9.17, 15) is 4.79 Å². The van der Waals surface area contributed by atoms with Crippen LogP contribution in [0.15, 0.2) is 24.3 Å². The first-order valence-corrected chi connectivity index (χ1v) is 8.62. The van der Waals surface area contributed by atoms with Gasteiger partial charge in [-0.05, 0) is 39.3 Å². The van der Waals surface area contributed by atoms with Gasteiger partial charge in [-0.3, -0.25) is 0 Å². The molecule has 0 radical (unpaired) electrons. The van der Waals surface area contributed by atoms with Gasteiger partial charge in [-0.1, -0.05) is 12.1 Å². The van der Waals surface area contributed by atoms with E-state index in [2.05, 4.69) is 24.1 Å². The number of nitrogens with one attached hydrogen (secondary N) is 1. The Morgan fingerprint density at radius 1 is 1.21 bits per heavy atom. The Morgan fingerprint density at radius 2 is 1.92 bits per heavy atom. The Kier molecular flexibility index (Phi) is 3.55. The Morgan fingerprint density at radius 3 is 2.62 bits per heavy atom. The third-order valence-corrected chi connectivity index (χ3v) is 5.05. The van der Waals surface area contributed by atoms with Gasteiger partial charge in [-0.2, -0.15) is 0 Å². The van der Waals surface area contributed by atoms with E-state index in [4.69, 9.17) is 9.97 Å². The highest BCUT2D eigenvalue weighted by atomic mass is 16.2. The molecule has 2 fully saturated rings. The third-order valence-electron chi connectivity index (χ3n) is 5.05. The Hall–Kier alpha value is -2.37. The summed E-state index contributed by atoms with van der Waals surface area (Å²) in [5.41, 5.74) is 2.78. The average molecular weight is 325 g/mol. The maximum atomic E-state index is 12.2. The number of piperidine rings is 1. The minimum Gasteiger partial charge on any atom is -0.353 e. The van der Waals surface area contributed by atoms with Crippen LogP contribution in [0.4, 0.5) is 10.6 Å². The van der Waals surface area contributed by atoms with Gasteiger partial charge in [0.1, 0.15) is 0 Å². The highest BCUT2D eigenvalue weighted by Crippen LogP contribution is 2.29. The smallest absolute Gasteiger partial charge is 0.318 e. The van der Waals surface area contributed by atoms with Gasteiger partial charge in [0.25, 0.3) is 0 Å². The topological polar surface area (TPSA) is 61.4 Å². The second-order valence-corrected chi connectivity index (χ2v) is 6.98. The van der Waals surface area contributed by atoms with Crippen molar-refractivity contribution in [2.24, 2.45) is 0 Å². The molecule has 4 rings (SSSR count). The van der Waals surface area contributed by atoms with Crippen molar-refractivity contribution in [3.05, 3.63) is 30.0 Å². The molecule has 2 aliphatic rings. The van der Waals surface area contributed by atoms with E-state index in [0.717, 1.165) is 42.1 Å². The number of hydrogen-bond acceptors (Lipinski definition) is 4. The molecular formula is C18H23N5O. The lowest BCUT2D eigenvalue weighted by Gasteiger charge is -2.38. The molecule has 1 N–H and O–H groups in total. The quantitative estimate of drug-likeness (QED) is 0.920. The molecule has 3 heterocycles. The van der Waals surface area contributed by atoms with Gasteiger partial charge in [-0.25, -0.2) is 14.8 Å². The van der Waals surface area contributed by atoms with E-state index in [1.165, 1.54) is 0 Å². The number of anilines is 1. The van der Waals surface area contributed by atoms with Crippen molar-refractivity contribution in [1.82, 2.24) is 20.2 Å². The number of urea groups is 1. The molecule has 2 aromatic rings. The maximum absolute atomic E-state index is 12.2. The Labute approximate surface area is 141 Å². The zero-order chi connectivity index (χ0) is 16.8. The minimum absolute atomic E-state index is 0.0585. The van der Waals surface area contributed by atoms with Crippen LogP contribution in [0.5, 0.6) is 0 Å². The fourth-order valence-electron chi connectivity index (χ4n) is 3.99. The summed E-state index contributed by atoms with van der Waals surface area (Å²) in [4.78, 5) is 26.0. The van der Waals surface area contributed by atoms with Crippen LogP contribution >= 0.6 is 0 Å². The summed E-state index contributed by atoms with van der Waals surface area (Å²) in [5, 5.41) is 3.14. The fourth-order valence-corrected chi connectivity index (χ4v) is 3.99. The van der Waals surface area contributed by atoms with Crippen molar-refractivity contribution in [1.29, 1.82) is 0 Å². The van der Waals surface area contributed by atoms with Gasteiger partial charge in [-0.15, -0.1) is 0 Å². The molecule has 126 valence electrons. The summed E-state index contributed by atoms with van der Waals surface area (Å²) in [6.45, 7) is 7.84. The number of benzene rings is 1. The predicted molar refractivity (Wildman–Crippen MR) is 94.2 cm³/mol. The van der Waals surface area contributed by atoms with Crippen LogP contribution in [0.2, 0.25) is 0 Å². The molecule has 0 bridgehead atoms. The lowest BCUT2D eigenvalue weighted by molar-refractivity contribution is 0.175. The van der Waals surface area contributed by atoms with Crippen molar-refractivity contribution in [3.8, 4) is 0 Å². The summed E-state index contributed by atoms with van der Waals surface area (Å²) in [6.07, 6.45) is 0.954. The number of rotatable bonds is 2. The molecule has 1 aromatic heterocycles. The second kappa shape index (κ2) is 5.61. The molecule has 24 heavy (non-hydrogen) atoms. The molecule has 2 amide bonds. The lowest BCUT2D eigenvalue weighted by atomic mass is 9.99. The summed E-state index contributed by atoms with van der Waals surface area (Å²) >= 11 is 0. The number of aryl methyl sites for hydroxylation is 1. The molecule has 0 saturated carbocycles. The molecule has 0 unspecified atom stereocenters. The number of nitrogens with zero attached hydrogens (tertiary/aromatic N) is 4. The van der Waals surface area contributed by atoms with Crippen LogP contribution in [0.1, 0.15) is 26.0 Å². The zero-order valence-corrected chi connectivity index (χ0v) is 14.4. The zero-order valence-electron chi connectivity index (χ0n) is 14.4. The summed E-state index contributed by atoms with van der Waals surface area (Å²) < 4.78 is 0. The van der Waals surface area contributed by atoms with E-state index < -0.39 is 0 Å². The number of aromatic nitrogens is 2. The number of fused-ring (bicyclic) bond motifs is 2. The van der Waals surface area contributed by atoms with E-state index in [1.54, 1.807) is 0 Å². The molecule has 2 saturated heterocycles. The average Bonchev–Trinajstić information content (AvgIpc) is 2.89. The van der Waals surface area contributed by atoms with E-state index in [1.807, 2.05) is 36.1 Å². The summed E-state index contributed by atoms with van der Waals surface area (Å²) in [7, 11) is 0. The first-order chi connectivity index (χ1) is 11.5. The van der Waals surface area contributed by atoms with Crippen LogP contribution in [0.3, 0.4) is 0 Å². The number of hydrogen-bond donors (Lipinski definition) is 1. The SMILES string of the molecule is Cc1nc2ccccc2nc1N1CC[C@H]2[C@@H](C1)NC(=O)N2C(C)C. The number of carbonyl (C=O) groups excluding carboxylic acids is 1. The highest BCUT2D eigenvalue weighted by molar-refractivity contribution is 5.79. The van der Waals surface area contributed by atoms with Gasteiger partial charge in [0.15, 0.2) is 5.82 Å². The number of para-hydroxylation sites is 2. The normalized spacial score (nSPS) is 23.8. The molecular weight excluding hydrogens is 302 g/mol. The van der Waals surface area contributed by atoms with Crippen molar-refractivity contribution < 1.29 is 4.79 Å². The van der Waals surface area contributed by atoms with Crippen LogP contribution < -0.4 is 10.2 Å².